The number of hydrogen-bond donors (Lipinski definition) is 1. The summed E-state index contributed by atoms with van der Waals surface area (Å²) in [6.45, 7) is 9.86. The van der Waals surface area contributed by atoms with Crippen LogP contribution in [0.3, 0.4) is 0 Å². The maximum atomic E-state index is 6.03. The summed E-state index contributed by atoms with van der Waals surface area (Å²) in [5, 5.41) is 0.655. The molecule has 0 amide bonds. The maximum Gasteiger partial charge on any atom is 0.0638 e. The predicted molar refractivity (Wildman–Crippen MR) is 76.3 cm³/mol. The van der Waals surface area contributed by atoms with E-state index in [1.54, 1.807) is 0 Å². The monoisotopic (exact) mass is 254 g/mol. The van der Waals surface area contributed by atoms with Gasteiger partial charge in [0.25, 0.3) is 0 Å². The zero-order chi connectivity index (χ0) is 12.8. The van der Waals surface area contributed by atoms with Crippen LogP contribution >= 0.6 is 11.6 Å². The van der Waals surface area contributed by atoms with E-state index in [4.69, 9.17) is 17.3 Å². The molecule has 0 heterocycles. The van der Waals surface area contributed by atoms with Crippen LogP contribution in [-0.2, 0) is 6.54 Å². The molecule has 0 aliphatic carbocycles. The molecule has 0 bridgehead atoms. The molecule has 2 nitrogen and oxygen atoms in total. The highest BCUT2D eigenvalue weighted by atomic mass is 35.5. The van der Waals surface area contributed by atoms with Crippen LogP contribution in [0.1, 0.15) is 32.8 Å². The van der Waals surface area contributed by atoms with E-state index in [2.05, 4.69) is 31.7 Å². The molecule has 0 spiro atoms. The lowest BCUT2D eigenvalue weighted by atomic mass is 10.1. The fourth-order valence-corrected chi connectivity index (χ4v) is 2.01. The average molecular weight is 255 g/mol. The molecular formula is C14H23ClN2. The van der Waals surface area contributed by atoms with E-state index in [0.717, 1.165) is 25.6 Å². The minimum absolute atomic E-state index is 0.653. The highest BCUT2D eigenvalue weighted by Gasteiger charge is 2.08. The second-order valence-electron chi connectivity index (χ2n) is 4.70. The molecule has 2 N–H and O–H groups in total. The smallest absolute Gasteiger partial charge is 0.0638 e. The minimum atomic E-state index is 0.653. The summed E-state index contributed by atoms with van der Waals surface area (Å²) in [6.07, 6.45) is 1.22. The van der Waals surface area contributed by atoms with Crippen LogP contribution in [-0.4, -0.2) is 18.0 Å². The molecule has 3 heteroatoms. The number of nitrogens with zero attached hydrogens (tertiary/aromatic N) is 1. The average Bonchev–Trinajstić information content (AvgIpc) is 2.32. The van der Waals surface area contributed by atoms with Crippen molar-refractivity contribution >= 4 is 17.3 Å². The Morgan fingerprint density at radius 3 is 2.59 bits per heavy atom. The molecule has 1 aromatic rings. The number of rotatable bonds is 6. The van der Waals surface area contributed by atoms with Gasteiger partial charge >= 0.3 is 0 Å². The summed E-state index contributed by atoms with van der Waals surface area (Å²) >= 11 is 6.03. The lowest BCUT2D eigenvalue weighted by molar-refractivity contribution is 0.238. The van der Waals surface area contributed by atoms with Gasteiger partial charge in [0.2, 0.25) is 0 Å². The normalized spacial score (nSPS) is 13.0. The Balaban J connectivity index is 2.63. The predicted octanol–water partition coefficient (Wildman–Crippen LogP) is 3.79. The quantitative estimate of drug-likeness (QED) is 0.783. The van der Waals surface area contributed by atoms with E-state index >= 15 is 0 Å². The number of nitrogens with two attached hydrogens (primary N) is 1. The summed E-state index contributed by atoms with van der Waals surface area (Å²) in [4.78, 5) is 2.44. The number of halogens is 1. The second-order valence-corrected chi connectivity index (χ2v) is 5.10. The zero-order valence-electron chi connectivity index (χ0n) is 11.0. The van der Waals surface area contributed by atoms with Gasteiger partial charge in [-0.15, -0.1) is 0 Å². The van der Waals surface area contributed by atoms with Crippen LogP contribution in [0.5, 0.6) is 0 Å². The molecule has 1 atom stereocenters. The van der Waals surface area contributed by atoms with Crippen molar-refractivity contribution in [3.63, 3.8) is 0 Å². The van der Waals surface area contributed by atoms with Crippen LogP contribution in [0.25, 0.3) is 0 Å². The lowest BCUT2D eigenvalue weighted by Crippen LogP contribution is -2.27. The lowest BCUT2D eigenvalue weighted by Gasteiger charge is -2.24. The zero-order valence-corrected chi connectivity index (χ0v) is 11.8. The molecule has 1 aromatic carbocycles. The van der Waals surface area contributed by atoms with Gasteiger partial charge in [0.05, 0.1) is 10.7 Å². The first-order valence-corrected chi connectivity index (χ1v) is 6.70. The molecule has 96 valence electrons. The SMILES string of the molecule is CCC(C)CN(CC)Cc1ccc(N)c(Cl)c1. The summed E-state index contributed by atoms with van der Waals surface area (Å²) in [5.74, 6) is 0.735. The first-order chi connectivity index (χ1) is 8.06. The first kappa shape index (κ1) is 14.3. The van der Waals surface area contributed by atoms with Crippen LogP contribution in [0.2, 0.25) is 5.02 Å². The second kappa shape index (κ2) is 6.87. The molecule has 17 heavy (non-hydrogen) atoms. The molecule has 1 rings (SSSR count). The molecule has 0 fully saturated rings. The Morgan fingerprint density at radius 1 is 1.35 bits per heavy atom. The van der Waals surface area contributed by atoms with Gasteiger partial charge in [0.15, 0.2) is 0 Å². The van der Waals surface area contributed by atoms with Crippen LogP contribution < -0.4 is 5.73 Å². The van der Waals surface area contributed by atoms with Crippen LogP contribution in [0, 0.1) is 5.92 Å². The standard InChI is InChI=1S/C14H23ClN2/c1-4-11(3)9-17(5-2)10-12-6-7-14(16)13(15)8-12/h6-8,11H,4-5,9-10,16H2,1-3H3. The van der Waals surface area contributed by atoms with E-state index in [-0.39, 0.29) is 0 Å². The summed E-state index contributed by atoms with van der Waals surface area (Å²) in [6, 6.07) is 5.91. The van der Waals surface area contributed by atoms with Crippen molar-refractivity contribution in [2.75, 3.05) is 18.8 Å². The van der Waals surface area contributed by atoms with Crippen molar-refractivity contribution in [3.8, 4) is 0 Å². The highest BCUT2D eigenvalue weighted by molar-refractivity contribution is 6.33. The highest BCUT2D eigenvalue weighted by Crippen LogP contribution is 2.20. The van der Waals surface area contributed by atoms with Crippen molar-refractivity contribution < 1.29 is 0 Å². The topological polar surface area (TPSA) is 29.3 Å². The van der Waals surface area contributed by atoms with E-state index < -0.39 is 0 Å². The van der Waals surface area contributed by atoms with Crippen molar-refractivity contribution in [3.05, 3.63) is 28.8 Å². The first-order valence-electron chi connectivity index (χ1n) is 6.33. The van der Waals surface area contributed by atoms with Gasteiger partial charge in [-0.2, -0.15) is 0 Å². The molecule has 0 saturated carbocycles. The van der Waals surface area contributed by atoms with Gasteiger partial charge in [-0.3, -0.25) is 4.90 Å². The molecule has 0 saturated heterocycles. The van der Waals surface area contributed by atoms with Gasteiger partial charge < -0.3 is 5.73 Å². The summed E-state index contributed by atoms with van der Waals surface area (Å²) in [7, 11) is 0. The van der Waals surface area contributed by atoms with Gasteiger partial charge in [0, 0.05) is 13.1 Å². The fourth-order valence-electron chi connectivity index (χ4n) is 1.80. The molecule has 0 aliphatic heterocycles. The number of hydrogen-bond acceptors (Lipinski definition) is 2. The van der Waals surface area contributed by atoms with Gasteiger partial charge in [-0.1, -0.05) is 44.9 Å². The molecular weight excluding hydrogens is 232 g/mol. The third kappa shape index (κ3) is 4.57. The number of nitrogen functional groups attached to an aromatic ring is 1. The third-order valence-electron chi connectivity index (χ3n) is 3.19. The minimum Gasteiger partial charge on any atom is -0.398 e. The number of anilines is 1. The van der Waals surface area contributed by atoms with Gasteiger partial charge in [0.1, 0.15) is 0 Å². The van der Waals surface area contributed by atoms with Gasteiger partial charge in [-0.25, -0.2) is 0 Å². The maximum absolute atomic E-state index is 6.03. The Labute approximate surface area is 110 Å². The Hall–Kier alpha value is -0.730. The van der Waals surface area contributed by atoms with E-state index in [1.165, 1.54) is 12.0 Å². The van der Waals surface area contributed by atoms with Crippen LogP contribution in [0.15, 0.2) is 18.2 Å². The molecule has 0 radical (unpaired) electrons. The number of benzene rings is 1. The van der Waals surface area contributed by atoms with Gasteiger partial charge in [-0.05, 0) is 30.2 Å². The Morgan fingerprint density at radius 2 is 2.06 bits per heavy atom. The van der Waals surface area contributed by atoms with E-state index in [0.29, 0.717) is 10.7 Å². The summed E-state index contributed by atoms with van der Waals surface area (Å²) < 4.78 is 0. The fraction of sp³-hybridized carbons (Fsp3) is 0.571. The van der Waals surface area contributed by atoms with E-state index in [1.807, 2.05) is 12.1 Å². The molecule has 1 unspecified atom stereocenters. The largest absolute Gasteiger partial charge is 0.398 e. The van der Waals surface area contributed by atoms with Crippen molar-refractivity contribution in [2.45, 2.75) is 33.7 Å². The van der Waals surface area contributed by atoms with Crippen LogP contribution in [0.4, 0.5) is 5.69 Å². The van der Waals surface area contributed by atoms with E-state index in [9.17, 15) is 0 Å². The third-order valence-corrected chi connectivity index (χ3v) is 3.51. The summed E-state index contributed by atoms with van der Waals surface area (Å²) in [5.41, 5.74) is 7.59. The molecule has 0 aromatic heterocycles. The van der Waals surface area contributed by atoms with Crippen molar-refractivity contribution in [1.29, 1.82) is 0 Å². The Kier molecular flexibility index (Phi) is 5.79. The van der Waals surface area contributed by atoms with Crippen molar-refractivity contribution in [1.82, 2.24) is 4.90 Å². The molecule has 0 aliphatic rings. The Bertz CT molecular complexity index is 352. The van der Waals surface area contributed by atoms with Crippen molar-refractivity contribution in [2.24, 2.45) is 5.92 Å².